The first-order chi connectivity index (χ1) is 10.8. The van der Waals surface area contributed by atoms with Crippen LogP contribution in [0.3, 0.4) is 0 Å². The van der Waals surface area contributed by atoms with Crippen LogP contribution in [0.4, 0.5) is 22.7 Å². The summed E-state index contributed by atoms with van der Waals surface area (Å²) in [6.45, 7) is 3.05. The Kier molecular flexibility index (Phi) is 4.09. The van der Waals surface area contributed by atoms with E-state index in [1.807, 2.05) is 36.4 Å². The van der Waals surface area contributed by atoms with Crippen LogP contribution >= 0.6 is 0 Å². The molecule has 0 unspecified atom stereocenters. The van der Waals surface area contributed by atoms with Crippen molar-refractivity contribution < 1.29 is 0 Å². The fourth-order valence-electron chi connectivity index (χ4n) is 2.81. The molecule has 6 nitrogen and oxygen atoms in total. The fraction of sp³-hybridized carbons (Fsp3) is 0.250. The molecule has 0 bridgehead atoms. The lowest BCUT2D eigenvalue weighted by molar-refractivity contribution is 0.654. The molecule has 0 aliphatic carbocycles. The van der Waals surface area contributed by atoms with Gasteiger partial charge >= 0.3 is 0 Å². The highest BCUT2D eigenvalue weighted by molar-refractivity contribution is 5.69. The molecule has 0 N–H and O–H groups in total. The number of anilines is 2. The van der Waals surface area contributed by atoms with Crippen molar-refractivity contribution in [3.05, 3.63) is 58.3 Å². The van der Waals surface area contributed by atoms with Crippen molar-refractivity contribution in [2.45, 2.75) is 0 Å². The Labute approximate surface area is 128 Å². The summed E-state index contributed by atoms with van der Waals surface area (Å²) in [7, 11) is 0. The summed E-state index contributed by atoms with van der Waals surface area (Å²) in [5, 5.41) is 6.18. The van der Waals surface area contributed by atoms with E-state index >= 15 is 0 Å². The van der Waals surface area contributed by atoms with Gasteiger partial charge in [-0.25, -0.2) is 0 Å². The quantitative estimate of drug-likeness (QED) is 0.805. The molecule has 1 aliphatic rings. The smallest absolute Gasteiger partial charge is 0.131 e. The summed E-state index contributed by atoms with van der Waals surface area (Å²) in [4.78, 5) is 26.1. The molecule has 0 aromatic heterocycles. The summed E-state index contributed by atoms with van der Waals surface area (Å²) < 4.78 is 0. The van der Waals surface area contributed by atoms with Gasteiger partial charge in [0, 0.05) is 26.2 Å². The first-order valence-electron chi connectivity index (χ1n) is 7.18. The second kappa shape index (κ2) is 6.34. The average Bonchev–Trinajstić information content (AvgIpc) is 2.62. The number of nitroso groups, excluding NO2 is 2. The molecule has 2 aromatic carbocycles. The standard InChI is InChI=1S/C16H16N4O2/c21-17-13-5-1-3-7-15(13)19-9-11-20(12-10-19)16-8-4-2-6-14(16)18-22/h1-8H,9-12H2. The molecular weight excluding hydrogens is 280 g/mol. The number of para-hydroxylation sites is 2. The Hall–Kier alpha value is -2.76. The van der Waals surface area contributed by atoms with Crippen molar-refractivity contribution >= 4 is 22.7 Å². The van der Waals surface area contributed by atoms with E-state index < -0.39 is 0 Å². The van der Waals surface area contributed by atoms with E-state index in [1.165, 1.54) is 0 Å². The second-order valence-corrected chi connectivity index (χ2v) is 5.13. The molecule has 22 heavy (non-hydrogen) atoms. The van der Waals surface area contributed by atoms with E-state index in [1.54, 1.807) is 12.1 Å². The Morgan fingerprint density at radius 3 is 1.36 bits per heavy atom. The van der Waals surface area contributed by atoms with E-state index in [0.717, 1.165) is 37.6 Å². The molecule has 112 valence electrons. The lowest BCUT2D eigenvalue weighted by Crippen LogP contribution is -2.46. The van der Waals surface area contributed by atoms with Crippen molar-refractivity contribution in [3.8, 4) is 0 Å². The number of benzene rings is 2. The Morgan fingerprint density at radius 1 is 0.636 bits per heavy atom. The van der Waals surface area contributed by atoms with Crippen LogP contribution in [-0.4, -0.2) is 26.2 Å². The summed E-state index contributed by atoms with van der Waals surface area (Å²) in [5.41, 5.74) is 2.65. The largest absolute Gasteiger partial charge is 0.366 e. The zero-order chi connectivity index (χ0) is 15.4. The number of hydrogen-bond acceptors (Lipinski definition) is 6. The third kappa shape index (κ3) is 2.67. The van der Waals surface area contributed by atoms with E-state index in [9.17, 15) is 9.81 Å². The first kappa shape index (κ1) is 14.2. The van der Waals surface area contributed by atoms with E-state index in [2.05, 4.69) is 20.2 Å². The summed E-state index contributed by atoms with van der Waals surface area (Å²) in [6.07, 6.45) is 0. The van der Waals surface area contributed by atoms with E-state index in [-0.39, 0.29) is 0 Å². The van der Waals surface area contributed by atoms with Crippen LogP contribution in [0, 0.1) is 9.81 Å². The van der Waals surface area contributed by atoms with Gasteiger partial charge in [-0.1, -0.05) is 24.3 Å². The maximum atomic E-state index is 10.9. The SMILES string of the molecule is O=Nc1ccccc1N1CCN(c2ccccc2N=O)CC1. The van der Waals surface area contributed by atoms with Crippen LogP contribution in [0.2, 0.25) is 0 Å². The minimum Gasteiger partial charge on any atom is -0.366 e. The highest BCUT2D eigenvalue weighted by Crippen LogP contribution is 2.32. The van der Waals surface area contributed by atoms with Crippen molar-refractivity contribution in [2.75, 3.05) is 36.0 Å². The number of nitrogens with zero attached hydrogens (tertiary/aromatic N) is 4. The van der Waals surface area contributed by atoms with Gasteiger partial charge in [-0.2, -0.15) is 0 Å². The number of rotatable bonds is 4. The highest BCUT2D eigenvalue weighted by atomic mass is 16.3. The summed E-state index contributed by atoms with van der Waals surface area (Å²) >= 11 is 0. The minimum absolute atomic E-state index is 0.464. The molecule has 6 heteroatoms. The van der Waals surface area contributed by atoms with Gasteiger partial charge in [0.15, 0.2) is 0 Å². The molecule has 0 amide bonds. The molecule has 1 heterocycles. The van der Waals surface area contributed by atoms with Crippen molar-refractivity contribution in [2.24, 2.45) is 10.4 Å². The van der Waals surface area contributed by atoms with Crippen LogP contribution in [0.5, 0.6) is 0 Å². The summed E-state index contributed by atoms with van der Waals surface area (Å²) in [6, 6.07) is 14.7. The van der Waals surface area contributed by atoms with Crippen molar-refractivity contribution in [3.63, 3.8) is 0 Å². The van der Waals surface area contributed by atoms with Crippen LogP contribution in [0.1, 0.15) is 0 Å². The summed E-state index contributed by atoms with van der Waals surface area (Å²) in [5.74, 6) is 0. The van der Waals surface area contributed by atoms with Crippen LogP contribution in [-0.2, 0) is 0 Å². The zero-order valence-electron chi connectivity index (χ0n) is 12.1. The minimum atomic E-state index is 0.464. The number of hydrogen-bond donors (Lipinski definition) is 0. The third-order valence-corrected chi connectivity index (χ3v) is 3.92. The molecule has 1 fully saturated rings. The lowest BCUT2D eigenvalue weighted by atomic mass is 10.2. The first-order valence-corrected chi connectivity index (χ1v) is 7.18. The van der Waals surface area contributed by atoms with Crippen LogP contribution in [0.15, 0.2) is 58.9 Å². The second-order valence-electron chi connectivity index (χ2n) is 5.13. The van der Waals surface area contributed by atoms with Gasteiger partial charge in [0.1, 0.15) is 11.4 Å². The van der Waals surface area contributed by atoms with Crippen LogP contribution in [0.25, 0.3) is 0 Å². The molecule has 2 aromatic rings. The topological polar surface area (TPSA) is 65.3 Å². The van der Waals surface area contributed by atoms with Gasteiger partial charge < -0.3 is 9.80 Å². The maximum absolute atomic E-state index is 10.9. The van der Waals surface area contributed by atoms with Crippen LogP contribution < -0.4 is 9.80 Å². The normalized spacial score (nSPS) is 14.7. The van der Waals surface area contributed by atoms with Gasteiger partial charge in [-0.15, -0.1) is 9.81 Å². The molecule has 0 spiro atoms. The third-order valence-electron chi connectivity index (χ3n) is 3.92. The van der Waals surface area contributed by atoms with Gasteiger partial charge in [0.2, 0.25) is 0 Å². The van der Waals surface area contributed by atoms with Gasteiger partial charge in [0.05, 0.1) is 11.4 Å². The molecule has 0 saturated carbocycles. The highest BCUT2D eigenvalue weighted by Gasteiger charge is 2.21. The van der Waals surface area contributed by atoms with E-state index in [4.69, 9.17) is 0 Å². The predicted molar refractivity (Wildman–Crippen MR) is 88.2 cm³/mol. The van der Waals surface area contributed by atoms with Gasteiger partial charge in [-0.3, -0.25) is 0 Å². The monoisotopic (exact) mass is 296 g/mol. The molecular formula is C16H16N4O2. The Bertz CT molecular complexity index is 622. The molecule has 1 aliphatic heterocycles. The average molecular weight is 296 g/mol. The Balaban J connectivity index is 1.75. The fourth-order valence-corrected chi connectivity index (χ4v) is 2.81. The molecule has 0 atom stereocenters. The number of piperazine rings is 1. The van der Waals surface area contributed by atoms with Crippen molar-refractivity contribution in [1.82, 2.24) is 0 Å². The Morgan fingerprint density at radius 2 is 1.00 bits per heavy atom. The van der Waals surface area contributed by atoms with Gasteiger partial charge in [0.25, 0.3) is 0 Å². The van der Waals surface area contributed by atoms with Gasteiger partial charge in [-0.05, 0) is 34.6 Å². The predicted octanol–water partition coefficient (Wildman–Crippen LogP) is 3.81. The molecule has 0 radical (unpaired) electrons. The van der Waals surface area contributed by atoms with E-state index in [0.29, 0.717) is 11.4 Å². The zero-order valence-corrected chi connectivity index (χ0v) is 12.1. The molecule has 3 rings (SSSR count). The maximum Gasteiger partial charge on any atom is 0.131 e. The lowest BCUT2D eigenvalue weighted by Gasteiger charge is -2.37. The molecule has 1 saturated heterocycles. The van der Waals surface area contributed by atoms with Crippen molar-refractivity contribution in [1.29, 1.82) is 0 Å².